The maximum atomic E-state index is 4.72. The second-order valence-corrected chi connectivity index (χ2v) is 4.61. The van der Waals surface area contributed by atoms with Gasteiger partial charge in [-0.1, -0.05) is 12.8 Å². The molecule has 0 radical (unpaired) electrons. The Bertz CT molecular complexity index is 356. The molecule has 1 aromatic rings. The molecule has 1 aliphatic carbocycles. The molecular formula is C12H17N3. The molecule has 1 saturated carbocycles. The lowest BCUT2D eigenvalue weighted by atomic mass is 10.1. The lowest BCUT2D eigenvalue weighted by Crippen LogP contribution is -2.25. The van der Waals surface area contributed by atoms with Crippen molar-refractivity contribution in [2.75, 3.05) is 6.54 Å². The van der Waals surface area contributed by atoms with Crippen LogP contribution in [0.4, 0.5) is 0 Å². The van der Waals surface area contributed by atoms with Crippen LogP contribution in [-0.4, -0.2) is 16.5 Å². The maximum absolute atomic E-state index is 4.72. The number of nitrogens with one attached hydrogen (secondary N) is 1. The van der Waals surface area contributed by atoms with Crippen molar-refractivity contribution in [2.45, 2.75) is 44.6 Å². The molecule has 3 nitrogen and oxygen atoms in total. The number of aromatic nitrogens is 2. The normalized spacial score (nSPS) is 21.6. The molecule has 3 rings (SSSR count). The van der Waals surface area contributed by atoms with E-state index in [0.29, 0.717) is 5.92 Å². The monoisotopic (exact) mass is 203 g/mol. The Hall–Kier alpha value is -0.960. The van der Waals surface area contributed by atoms with Crippen molar-refractivity contribution in [3.05, 3.63) is 23.3 Å². The molecule has 0 amide bonds. The molecule has 15 heavy (non-hydrogen) atoms. The number of hydrogen-bond acceptors (Lipinski definition) is 3. The van der Waals surface area contributed by atoms with Crippen molar-refractivity contribution >= 4 is 0 Å². The lowest BCUT2D eigenvalue weighted by Gasteiger charge is -2.17. The molecule has 0 spiro atoms. The van der Waals surface area contributed by atoms with Crippen LogP contribution in [0, 0.1) is 0 Å². The Labute approximate surface area is 90.3 Å². The molecular weight excluding hydrogens is 186 g/mol. The molecule has 1 N–H and O–H groups in total. The summed E-state index contributed by atoms with van der Waals surface area (Å²) in [7, 11) is 0. The third kappa shape index (κ3) is 1.76. The summed E-state index contributed by atoms with van der Waals surface area (Å²) in [6.07, 6.45) is 8.41. The van der Waals surface area contributed by atoms with Crippen LogP contribution in [0.15, 0.2) is 6.20 Å². The summed E-state index contributed by atoms with van der Waals surface area (Å²) in [6.45, 7) is 2.00. The van der Waals surface area contributed by atoms with E-state index in [2.05, 4.69) is 16.5 Å². The lowest BCUT2D eigenvalue weighted by molar-refractivity contribution is 0.597. The highest BCUT2D eigenvalue weighted by Crippen LogP contribution is 2.32. The average molecular weight is 203 g/mol. The van der Waals surface area contributed by atoms with Gasteiger partial charge in [-0.25, -0.2) is 9.97 Å². The largest absolute Gasteiger partial charge is 0.311 e. The Morgan fingerprint density at radius 3 is 3.00 bits per heavy atom. The van der Waals surface area contributed by atoms with Crippen LogP contribution in [-0.2, 0) is 13.0 Å². The van der Waals surface area contributed by atoms with Crippen molar-refractivity contribution in [1.29, 1.82) is 0 Å². The Balaban J connectivity index is 1.89. The van der Waals surface area contributed by atoms with E-state index in [-0.39, 0.29) is 0 Å². The van der Waals surface area contributed by atoms with Gasteiger partial charge in [0.25, 0.3) is 0 Å². The second-order valence-electron chi connectivity index (χ2n) is 4.61. The van der Waals surface area contributed by atoms with Gasteiger partial charge in [0.15, 0.2) is 0 Å². The van der Waals surface area contributed by atoms with Gasteiger partial charge in [0.1, 0.15) is 5.82 Å². The Morgan fingerprint density at radius 2 is 2.13 bits per heavy atom. The molecule has 1 aromatic heterocycles. The number of nitrogens with zero attached hydrogens (tertiary/aromatic N) is 2. The zero-order chi connectivity index (χ0) is 10.1. The van der Waals surface area contributed by atoms with E-state index in [1.54, 1.807) is 0 Å². The van der Waals surface area contributed by atoms with E-state index < -0.39 is 0 Å². The van der Waals surface area contributed by atoms with E-state index in [1.807, 2.05) is 0 Å². The van der Waals surface area contributed by atoms with Gasteiger partial charge in [-0.15, -0.1) is 0 Å². The predicted octanol–water partition coefficient (Wildman–Crippen LogP) is 1.78. The summed E-state index contributed by atoms with van der Waals surface area (Å²) in [5, 5.41) is 3.37. The van der Waals surface area contributed by atoms with Gasteiger partial charge in [0.2, 0.25) is 0 Å². The minimum absolute atomic E-state index is 0.636. The van der Waals surface area contributed by atoms with Gasteiger partial charge in [-0.05, 0) is 31.4 Å². The number of rotatable bonds is 1. The van der Waals surface area contributed by atoms with Gasteiger partial charge in [0, 0.05) is 18.7 Å². The van der Waals surface area contributed by atoms with Crippen LogP contribution in [0.5, 0.6) is 0 Å². The van der Waals surface area contributed by atoms with Crippen molar-refractivity contribution in [3.63, 3.8) is 0 Å². The predicted molar refractivity (Wildman–Crippen MR) is 58.7 cm³/mol. The third-order valence-corrected chi connectivity index (χ3v) is 3.56. The summed E-state index contributed by atoms with van der Waals surface area (Å²) in [5.74, 6) is 1.73. The Morgan fingerprint density at radius 1 is 1.27 bits per heavy atom. The van der Waals surface area contributed by atoms with Gasteiger partial charge in [-0.2, -0.15) is 0 Å². The summed E-state index contributed by atoms with van der Waals surface area (Å²) in [5.41, 5.74) is 2.58. The fourth-order valence-corrected chi connectivity index (χ4v) is 2.63. The van der Waals surface area contributed by atoms with Crippen molar-refractivity contribution in [1.82, 2.24) is 15.3 Å². The zero-order valence-corrected chi connectivity index (χ0v) is 9.00. The first-order valence-corrected chi connectivity index (χ1v) is 5.99. The minimum Gasteiger partial charge on any atom is -0.311 e. The van der Waals surface area contributed by atoms with Crippen molar-refractivity contribution < 1.29 is 0 Å². The highest BCUT2D eigenvalue weighted by Gasteiger charge is 2.21. The number of fused-ring (bicyclic) bond motifs is 1. The molecule has 0 atom stereocenters. The quantitative estimate of drug-likeness (QED) is 0.756. The van der Waals surface area contributed by atoms with Crippen LogP contribution < -0.4 is 5.32 Å². The second kappa shape index (κ2) is 3.89. The molecule has 0 bridgehead atoms. The molecule has 3 heteroatoms. The first-order valence-electron chi connectivity index (χ1n) is 5.99. The van der Waals surface area contributed by atoms with Gasteiger partial charge >= 0.3 is 0 Å². The van der Waals surface area contributed by atoms with Crippen LogP contribution >= 0.6 is 0 Å². The fraction of sp³-hybridized carbons (Fsp3) is 0.667. The SMILES string of the molecule is c1nc(C2CCCC2)nc2c1CCNC2. The van der Waals surface area contributed by atoms with Gasteiger partial charge < -0.3 is 5.32 Å². The van der Waals surface area contributed by atoms with Crippen LogP contribution in [0.1, 0.15) is 48.7 Å². The van der Waals surface area contributed by atoms with E-state index in [9.17, 15) is 0 Å². The topological polar surface area (TPSA) is 37.8 Å². The third-order valence-electron chi connectivity index (χ3n) is 3.56. The Kier molecular flexibility index (Phi) is 2.41. The highest BCUT2D eigenvalue weighted by atomic mass is 15.0. The fourth-order valence-electron chi connectivity index (χ4n) is 2.63. The highest BCUT2D eigenvalue weighted by molar-refractivity contribution is 5.21. The van der Waals surface area contributed by atoms with E-state index in [0.717, 1.165) is 25.3 Å². The van der Waals surface area contributed by atoms with Crippen molar-refractivity contribution in [3.8, 4) is 0 Å². The average Bonchev–Trinajstić information content (AvgIpc) is 2.82. The molecule has 0 saturated heterocycles. The molecule has 80 valence electrons. The maximum Gasteiger partial charge on any atom is 0.131 e. The van der Waals surface area contributed by atoms with Crippen molar-refractivity contribution in [2.24, 2.45) is 0 Å². The molecule has 1 aliphatic heterocycles. The molecule has 1 fully saturated rings. The molecule has 0 aromatic carbocycles. The smallest absolute Gasteiger partial charge is 0.131 e. The van der Waals surface area contributed by atoms with Gasteiger partial charge in [0.05, 0.1) is 5.69 Å². The van der Waals surface area contributed by atoms with E-state index >= 15 is 0 Å². The summed E-state index contributed by atoms with van der Waals surface area (Å²) in [4.78, 5) is 9.26. The van der Waals surface area contributed by atoms with Crippen LogP contribution in [0.25, 0.3) is 0 Å². The van der Waals surface area contributed by atoms with Crippen LogP contribution in [0.3, 0.4) is 0 Å². The standard InChI is InChI=1S/C12H17N3/c1-2-4-9(3-1)12-14-7-10-5-6-13-8-11(10)15-12/h7,9,13H,1-6,8H2. The molecule has 2 aliphatic rings. The van der Waals surface area contributed by atoms with Gasteiger partial charge in [-0.3, -0.25) is 0 Å². The molecule has 0 unspecified atom stereocenters. The molecule has 2 heterocycles. The number of hydrogen-bond donors (Lipinski definition) is 1. The van der Waals surface area contributed by atoms with Crippen LogP contribution in [0.2, 0.25) is 0 Å². The zero-order valence-electron chi connectivity index (χ0n) is 9.00. The first-order chi connectivity index (χ1) is 7.43. The summed E-state index contributed by atoms with van der Waals surface area (Å²) < 4.78 is 0. The first kappa shape index (κ1) is 9.28. The van der Waals surface area contributed by atoms with E-state index in [1.165, 1.54) is 36.9 Å². The summed E-state index contributed by atoms with van der Waals surface area (Å²) in [6, 6.07) is 0. The minimum atomic E-state index is 0.636. The summed E-state index contributed by atoms with van der Waals surface area (Å²) >= 11 is 0. The van der Waals surface area contributed by atoms with E-state index in [4.69, 9.17) is 4.98 Å².